The van der Waals surface area contributed by atoms with E-state index in [0.29, 0.717) is 10.6 Å². The van der Waals surface area contributed by atoms with Gasteiger partial charge in [-0.2, -0.15) is 5.26 Å². The van der Waals surface area contributed by atoms with E-state index in [4.69, 9.17) is 11.6 Å². The van der Waals surface area contributed by atoms with E-state index in [1.54, 1.807) is 35.9 Å². The molecule has 0 fully saturated rings. The molecule has 0 spiro atoms. The quantitative estimate of drug-likeness (QED) is 0.629. The van der Waals surface area contributed by atoms with Crippen molar-refractivity contribution in [1.82, 2.24) is 4.98 Å². The Hall–Kier alpha value is -2.15. The minimum atomic E-state index is 0.470. The first-order chi connectivity index (χ1) is 9.81. The fourth-order valence-electron chi connectivity index (χ4n) is 2.04. The summed E-state index contributed by atoms with van der Waals surface area (Å²) < 4.78 is 1.16. The Morgan fingerprint density at radius 3 is 2.65 bits per heavy atom. The van der Waals surface area contributed by atoms with Crippen LogP contribution in [0.15, 0.2) is 54.2 Å². The van der Waals surface area contributed by atoms with Crippen molar-refractivity contribution < 1.29 is 0 Å². The van der Waals surface area contributed by atoms with Crippen molar-refractivity contribution in [3.8, 4) is 6.07 Å². The molecule has 2 nitrogen and oxygen atoms in total. The molecule has 0 atom stereocenters. The van der Waals surface area contributed by atoms with Gasteiger partial charge in [0.05, 0.1) is 10.6 Å². The predicted octanol–water partition coefficient (Wildman–Crippen LogP) is 4.93. The zero-order valence-corrected chi connectivity index (χ0v) is 11.9. The van der Waals surface area contributed by atoms with E-state index in [-0.39, 0.29) is 0 Å². The third-order valence-electron chi connectivity index (χ3n) is 3.02. The van der Waals surface area contributed by atoms with Gasteiger partial charge in [-0.15, -0.1) is 11.3 Å². The fourth-order valence-corrected chi connectivity index (χ4v) is 3.37. The number of hydrogen-bond acceptors (Lipinski definition) is 3. The van der Waals surface area contributed by atoms with E-state index in [9.17, 15) is 5.26 Å². The second-order valence-electron chi connectivity index (χ2n) is 4.18. The lowest BCUT2D eigenvalue weighted by molar-refractivity contribution is 1.32. The third kappa shape index (κ3) is 2.20. The van der Waals surface area contributed by atoms with Gasteiger partial charge in [0.2, 0.25) is 0 Å². The maximum atomic E-state index is 9.41. The molecular weight excluding hydrogens is 288 g/mol. The normalized spacial score (nSPS) is 12.0. The number of aromatic nitrogens is 1. The highest BCUT2D eigenvalue weighted by Gasteiger charge is 2.13. The summed E-state index contributed by atoms with van der Waals surface area (Å²) in [6.45, 7) is 0. The van der Waals surface area contributed by atoms with Gasteiger partial charge in [-0.3, -0.25) is 4.98 Å². The lowest BCUT2D eigenvalue weighted by Crippen LogP contribution is -1.86. The maximum absolute atomic E-state index is 9.41. The van der Waals surface area contributed by atoms with Crippen molar-refractivity contribution in [2.45, 2.75) is 0 Å². The Labute approximate surface area is 125 Å². The number of fused-ring (bicyclic) bond motifs is 1. The average Bonchev–Trinajstić information content (AvgIpc) is 2.93. The summed E-state index contributed by atoms with van der Waals surface area (Å²) in [6, 6.07) is 13.8. The number of benzene rings is 1. The molecule has 2 heterocycles. The summed E-state index contributed by atoms with van der Waals surface area (Å²) in [5, 5.41) is 13.0. The monoisotopic (exact) mass is 296 g/mol. The number of halogens is 1. The van der Waals surface area contributed by atoms with Crippen LogP contribution < -0.4 is 0 Å². The van der Waals surface area contributed by atoms with Gasteiger partial charge in [0, 0.05) is 33.4 Å². The van der Waals surface area contributed by atoms with Gasteiger partial charge in [-0.25, -0.2) is 0 Å². The number of nitriles is 1. The van der Waals surface area contributed by atoms with Crippen LogP contribution in [0.2, 0.25) is 0 Å². The predicted molar refractivity (Wildman–Crippen MR) is 84.3 cm³/mol. The molecule has 0 aliphatic rings. The largest absolute Gasteiger partial charge is 0.265 e. The Kier molecular flexibility index (Phi) is 3.51. The van der Waals surface area contributed by atoms with Gasteiger partial charge < -0.3 is 0 Å². The summed E-state index contributed by atoms with van der Waals surface area (Å²) in [5.74, 6) is 0. The highest BCUT2D eigenvalue weighted by atomic mass is 35.5. The number of pyridine rings is 1. The Morgan fingerprint density at radius 2 is 1.90 bits per heavy atom. The summed E-state index contributed by atoms with van der Waals surface area (Å²) in [6.07, 6.45) is 3.31. The molecular formula is C16H9ClN2S. The smallest absolute Gasteiger partial charge is 0.101 e. The molecule has 0 N–H and O–H groups in total. The fraction of sp³-hybridized carbons (Fsp3) is 0. The van der Waals surface area contributed by atoms with Crippen molar-refractivity contribution in [2.75, 3.05) is 0 Å². The molecule has 0 amide bonds. The second kappa shape index (κ2) is 5.46. The Morgan fingerprint density at radius 1 is 1.15 bits per heavy atom. The van der Waals surface area contributed by atoms with Crippen molar-refractivity contribution in [1.29, 1.82) is 5.26 Å². The van der Waals surface area contributed by atoms with Gasteiger partial charge in [-0.1, -0.05) is 29.8 Å². The summed E-state index contributed by atoms with van der Waals surface area (Å²) in [4.78, 5) is 3.96. The second-order valence-corrected chi connectivity index (χ2v) is 5.47. The summed E-state index contributed by atoms with van der Waals surface area (Å²) in [5.41, 5.74) is 2.15. The Balaban J connectivity index is 2.22. The van der Waals surface area contributed by atoms with Gasteiger partial charge in [0.15, 0.2) is 0 Å². The number of nitrogens with zero attached hydrogens (tertiary/aromatic N) is 2. The first kappa shape index (κ1) is 12.9. The molecule has 96 valence electrons. The zero-order chi connectivity index (χ0) is 13.9. The maximum Gasteiger partial charge on any atom is 0.101 e. The van der Waals surface area contributed by atoms with E-state index in [1.165, 1.54) is 0 Å². The number of thiophene rings is 1. The highest BCUT2D eigenvalue weighted by molar-refractivity contribution is 7.17. The molecule has 4 heteroatoms. The SMILES string of the molecule is N#C/C(=C(/Cl)c1csc2ccccc12)c1ccncc1. The summed E-state index contributed by atoms with van der Waals surface area (Å²) in [7, 11) is 0. The van der Waals surface area contributed by atoms with Crippen LogP contribution in [0.5, 0.6) is 0 Å². The molecule has 0 unspecified atom stereocenters. The van der Waals surface area contributed by atoms with Crippen LogP contribution in [0.3, 0.4) is 0 Å². The minimum absolute atomic E-state index is 0.470. The van der Waals surface area contributed by atoms with Gasteiger partial charge in [0.1, 0.15) is 6.07 Å². The van der Waals surface area contributed by atoms with Crippen molar-refractivity contribution in [3.63, 3.8) is 0 Å². The topological polar surface area (TPSA) is 36.7 Å². The van der Waals surface area contributed by atoms with Crippen LogP contribution in [0.25, 0.3) is 20.7 Å². The zero-order valence-electron chi connectivity index (χ0n) is 10.4. The van der Waals surface area contributed by atoms with Gasteiger partial charge in [0.25, 0.3) is 0 Å². The van der Waals surface area contributed by atoms with Crippen molar-refractivity contribution >= 4 is 43.6 Å². The highest BCUT2D eigenvalue weighted by Crippen LogP contribution is 2.36. The van der Waals surface area contributed by atoms with Crippen LogP contribution in [0.4, 0.5) is 0 Å². The molecule has 3 rings (SSSR count). The molecule has 0 saturated carbocycles. The average molecular weight is 297 g/mol. The molecule has 1 aromatic carbocycles. The number of rotatable bonds is 2. The van der Waals surface area contributed by atoms with Gasteiger partial charge >= 0.3 is 0 Å². The van der Waals surface area contributed by atoms with E-state index >= 15 is 0 Å². The van der Waals surface area contributed by atoms with E-state index in [0.717, 1.165) is 21.2 Å². The first-order valence-corrected chi connectivity index (χ1v) is 7.24. The van der Waals surface area contributed by atoms with Crippen molar-refractivity contribution in [3.05, 3.63) is 65.3 Å². The number of allylic oxidation sites excluding steroid dienone is 1. The Bertz CT molecular complexity index is 828. The standard InChI is InChI=1S/C16H9ClN2S/c17-16(13(9-18)11-5-7-19-8-6-11)14-10-20-15-4-2-1-3-12(14)15/h1-8,10H/b16-13-. The van der Waals surface area contributed by atoms with Crippen LogP contribution in [-0.4, -0.2) is 4.98 Å². The molecule has 0 saturated heterocycles. The van der Waals surface area contributed by atoms with E-state index < -0.39 is 0 Å². The van der Waals surface area contributed by atoms with Crippen molar-refractivity contribution in [2.24, 2.45) is 0 Å². The van der Waals surface area contributed by atoms with Crippen LogP contribution in [0.1, 0.15) is 11.1 Å². The van der Waals surface area contributed by atoms with Gasteiger partial charge in [-0.05, 0) is 23.8 Å². The van der Waals surface area contributed by atoms with Crippen LogP contribution in [-0.2, 0) is 0 Å². The van der Waals surface area contributed by atoms with Crippen LogP contribution >= 0.6 is 22.9 Å². The minimum Gasteiger partial charge on any atom is -0.265 e. The molecule has 0 aliphatic carbocycles. The molecule has 0 bridgehead atoms. The molecule has 0 radical (unpaired) electrons. The molecule has 20 heavy (non-hydrogen) atoms. The molecule has 3 aromatic rings. The third-order valence-corrected chi connectivity index (χ3v) is 4.37. The van der Waals surface area contributed by atoms with E-state index in [2.05, 4.69) is 11.1 Å². The first-order valence-electron chi connectivity index (χ1n) is 5.98. The summed E-state index contributed by atoms with van der Waals surface area (Å²) >= 11 is 8.10. The number of hydrogen-bond donors (Lipinski definition) is 0. The van der Waals surface area contributed by atoms with E-state index in [1.807, 2.05) is 29.6 Å². The lowest BCUT2D eigenvalue weighted by atomic mass is 10.0. The molecule has 0 aliphatic heterocycles. The van der Waals surface area contributed by atoms with Crippen LogP contribution in [0, 0.1) is 11.3 Å². The lowest BCUT2D eigenvalue weighted by Gasteiger charge is -2.03. The molecule has 2 aromatic heterocycles.